The van der Waals surface area contributed by atoms with Crippen LogP contribution in [0.15, 0.2) is 30.3 Å². The summed E-state index contributed by atoms with van der Waals surface area (Å²) in [5.74, 6) is -0.411. The maximum Gasteiger partial charge on any atom is 0.350 e. The highest BCUT2D eigenvalue weighted by Gasteiger charge is 2.71. The van der Waals surface area contributed by atoms with E-state index in [1.54, 1.807) is 27.7 Å². The molecule has 0 amide bonds. The van der Waals surface area contributed by atoms with Crippen LogP contribution in [0.25, 0.3) is 0 Å². The lowest BCUT2D eigenvalue weighted by Gasteiger charge is -2.42. The minimum atomic E-state index is -3.88. The fraction of sp³-hybridized carbons (Fsp3) is 0.667. The molecule has 1 aromatic carbocycles. The molecule has 1 aromatic rings. The van der Waals surface area contributed by atoms with Crippen LogP contribution in [0, 0.1) is 0 Å². The molecule has 7 nitrogen and oxygen atoms in total. The van der Waals surface area contributed by atoms with Crippen LogP contribution in [0.2, 0.25) is 0 Å². The largest absolute Gasteiger partial charge is 0.350 e. The summed E-state index contributed by atoms with van der Waals surface area (Å²) in [5, 5.41) is 3.24. The van der Waals surface area contributed by atoms with Gasteiger partial charge in [-0.2, -0.15) is 0 Å². The van der Waals surface area contributed by atoms with E-state index in [4.69, 9.17) is 18.1 Å². The quantitative estimate of drug-likeness (QED) is 0.525. The van der Waals surface area contributed by atoms with E-state index in [1.807, 2.05) is 30.3 Å². The van der Waals surface area contributed by atoms with Crippen molar-refractivity contribution in [3.8, 4) is 0 Å². The maximum absolute atomic E-state index is 14.1. The number of benzene rings is 1. The molecule has 0 radical (unpaired) electrons. The van der Waals surface area contributed by atoms with Crippen LogP contribution in [0.5, 0.6) is 0 Å². The van der Waals surface area contributed by atoms with Crippen LogP contribution in [0.1, 0.15) is 39.2 Å². The van der Waals surface area contributed by atoms with E-state index in [1.165, 1.54) is 0 Å². The van der Waals surface area contributed by atoms with Crippen LogP contribution in [0.4, 0.5) is 0 Å². The molecular formula is C18H31NO6P2. The molecule has 1 atom stereocenters. The number of hydrogen-bond donors (Lipinski definition) is 1. The van der Waals surface area contributed by atoms with E-state index in [9.17, 15) is 9.13 Å². The standard InChI is InChI=1S/C18H31NO6P2/c1-5-22-26(20,23-6-2)18(27(21,24-7-3)25-8-4)15-19-14-17(18)16-12-10-9-11-13-16/h9-13,17,19H,5-8,14-15H2,1-4H3. The van der Waals surface area contributed by atoms with Crippen molar-refractivity contribution in [3.05, 3.63) is 35.9 Å². The van der Waals surface area contributed by atoms with E-state index in [0.29, 0.717) is 6.54 Å². The van der Waals surface area contributed by atoms with Gasteiger partial charge in [0.2, 0.25) is 0 Å². The highest BCUT2D eigenvalue weighted by atomic mass is 31.2. The average Bonchev–Trinajstić information content (AvgIpc) is 3.10. The minimum Gasteiger partial charge on any atom is -0.314 e. The molecule has 0 aromatic heterocycles. The highest BCUT2D eigenvalue weighted by molar-refractivity contribution is 7.74. The van der Waals surface area contributed by atoms with Crippen molar-refractivity contribution in [3.63, 3.8) is 0 Å². The van der Waals surface area contributed by atoms with Crippen molar-refractivity contribution in [2.45, 2.75) is 38.5 Å². The summed E-state index contributed by atoms with van der Waals surface area (Å²) < 4.78 is 51.0. The summed E-state index contributed by atoms with van der Waals surface area (Å²) in [4.78, 5) is -1.46. The van der Waals surface area contributed by atoms with Crippen molar-refractivity contribution in [1.82, 2.24) is 5.32 Å². The summed E-state index contributed by atoms with van der Waals surface area (Å²) in [6.07, 6.45) is 0. The van der Waals surface area contributed by atoms with E-state index in [-0.39, 0.29) is 33.0 Å². The van der Waals surface area contributed by atoms with E-state index in [0.717, 1.165) is 5.56 Å². The second kappa shape index (κ2) is 9.80. The van der Waals surface area contributed by atoms with Crippen molar-refractivity contribution in [2.75, 3.05) is 39.5 Å². The van der Waals surface area contributed by atoms with Gasteiger partial charge in [-0.3, -0.25) is 9.13 Å². The monoisotopic (exact) mass is 419 g/mol. The van der Waals surface area contributed by atoms with Crippen LogP contribution < -0.4 is 5.32 Å². The summed E-state index contributed by atoms with van der Waals surface area (Å²) in [6.45, 7) is 8.25. The van der Waals surface area contributed by atoms with Crippen LogP contribution >= 0.6 is 15.2 Å². The van der Waals surface area contributed by atoms with Gasteiger partial charge in [-0.05, 0) is 33.3 Å². The molecule has 1 aliphatic rings. The molecule has 27 heavy (non-hydrogen) atoms. The van der Waals surface area contributed by atoms with E-state index < -0.39 is 26.0 Å². The van der Waals surface area contributed by atoms with Crippen molar-refractivity contribution in [2.24, 2.45) is 0 Å². The van der Waals surface area contributed by atoms with E-state index in [2.05, 4.69) is 5.32 Å². The first-order valence-corrected chi connectivity index (χ1v) is 12.6. The maximum atomic E-state index is 14.1. The van der Waals surface area contributed by atoms with Crippen molar-refractivity contribution in [1.29, 1.82) is 0 Å². The van der Waals surface area contributed by atoms with Gasteiger partial charge in [0.1, 0.15) is 0 Å². The van der Waals surface area contributed by atoms with E-state index >= 15 is 0 Å². The van der Waals surface area contributed by atoms with Crippen LogP contribution in [-0.2, 0) is 27.2 Å². The Morgan fingerprint density at radius 1 is 0.889 bits per heavy atom. The van der Waals surface area contributed by atoms with Crippen LogP contribution in [-0.4, -0.2) is 44.4 Å². The molecule has 1 N–H and O–H groups in total. The molecule has 9 heteroatoms. The Bertz CT molecular complexity index is 634. The summed E-state index contributed by atoms with van der Waals surface area (Å²) in [5.41, 5.74) is 0.891. The molecule has 0 spiro atoms. The molecule has 0 saturated carbocycles. The lowest BCUT2D eigenvalue weighted by Crippen LogP contribution is -2.40. The summed E-state index contributed by atoms with van der Waals surface area (Å²) >= 11 is 0. The third kappa shape index (κ3) is 4.11. The molecule has 1 fully saturated rings. The number of rotatable bonds is 11. The van der Waals surface area contributed by atoms with Gasteiger partial charge in [0.15, 0.2) is 4.90 Å². The van der Waals surface area contributed by atoms with Crippen molar-refractivity contribution >= 4 is 15.2 Å². The molecule has 154 valence electrons. The molecular weight excluding hydrogens is 388 g/mol. The van der Waals surface area contributed by atoms with Gasteiger partial charge >= 0.3 is 15.2 Å². The van der Waals surface area contributed by atoms with Crippen molar-refractivity contribution < 1.29 is 27.2 Å². The molecule has 0 aliphatic carbocycles. The van der Waals surface area contributed by atoms with Gasteiger partial charge in [0, 0.05) is 19.0 Å². The number of hydrogen-bond acceptors (Lipinski definition) is 7. The second-order valence-electron chi connectivity index (χ2n) is 6.14. The topological polar surface area (TPSA) is 83.1 Å². The first-order valence-electron chi connectivity index (χ1n) is 9.48. The summed E-state index contributed by atoms with van der Waals surface area (Å²) in [7, 11) is -7.75. The van der Waals surface area contributed by atoms with Gasteiger partial charge in [0.05, 0.1) is 26.4 Å². The van der Waals surface area contributed by atoms with Gasteiger partial charge in [-0.1, -0.05) is 30.3 Å². The fourth-order valence-corrected chi connectivity index (χ4v) is 9.83. The second-order valence-corrected chi connectivity index (χ2v) is 11.1. The Balaban J connectivity index is 2.74. The molecule has 1 saturated heterocycles. The highest BCUT2D eigenvalue weighted by Crippen LogP contribution is 2.82. The Hall–Kier alpha value is -0.520. The van der Waals surface area contributed by atoms with Crippen LogP contribution in [0.3, 0.4) is 0 Å². The molecule has 1 heterocycles. The zero-order chi connectivity index (χ0) is 20.0. The smallest absolute Gasteiger partial charge is 0.314 e. The lowest BCUT2D eigenvalue weighted by molar-refractivity contribution is 0.176. The molecule has 1 aliphatic heterocycles. The zero-order valence-electron chi connectivity index (χ0n) is 16.6. The van der Waals surface area contributed by atoms with Gasteiger partial charge in [-0.25, -0.2) is 0 Å². The third-order valence-electron chi connectivity index (χ3n) is 4.64. The Kier molecular flexibility index (Phi) is 8.26. The first kappa shape index (κ1) is 22.8. The first-order chi connectivity index (χ1) is 12.9. The lowest BCUT2D eigenvalue weighted by atomic mass is 9.98. The third-order valence-corrected chi connectivity index (χ3v) is 11.3. The fourth-order valence-electron chi connectivity index (χ4n) is 3.68. The molecule has 0 bridgehead atoms. The molecule has 2 rings (SSSR count). The minimum absolute atomic E-state index is 0.154. The SMILES string of the molecule is CCOP(=O)(OCC)C1(P(=O)(OCC)OCC)CNCC1c1ccccc1. The molecule has 1 unspecified atom stereocenters. The van der Waals surface area contributed by atoms with Gasteiger partial charge in [-0.15, -0.1) is 0 Å². The Morgan fingerprint density at radius 3 is 1.74 bits per heavy atom. The normalized spacial score (nSPS) is 20.1. The predicted molar refractivity (Wildman–Crippen MR) is 107 cm³/mol. The Labute approximate surface area is 162 Å². The average molecular weight is 419 g/mol. The Morgan fingerprint density at radius 2 is 1.33 bits per heavy atom. The summed E-state index contributed by atoms with van der Waals surface area (Å²) in [6, 6.07) is 9.56. The number of nitrogens with one attached hydrogen (secondary N) is 1. The van der Waals surface area contributed by atoms with Gasteiger partial charge < -0.3 is 23.4 Å². The zero-order valence-corrected chi connectivity index (χ0v) is 18.3. The predicted octanol–water partition coefficient (Wildman–Crippen LogP) is 4.60. The van der Waals surface area contributed by atoms with Gasteiger partial charge in [0.25, 0.3) is 0 Å².